The molecular weight excluding hydrogens is 286 g/mol. The summed E-state index contributed by atoms with van der Waals surface area (Å²) in [4.78, 5) is 14.3. The van der Waals surface area contributed by atoms with E-state index in [0.29, 0.717) is 24.0 Å². The van der Waals surface area contributed by atoms with Gasteiger partial charge in [-0.25, -0.2) is 0 Å². The molecule has 2 rings (SSSR count). The van der Waals surface area contributed by atoms with E-state index < -0.39 is 0 Å². The van der Waals surface area contributed by atoms with E-state index in [4.69, 9.17) is 11.6 Å². The molecule has 0 radical (unpaired) electrons. The van der Waals surface area contributed by atoms with Gasteiger partial charge >= 0.3 is 0 Å². The van der Waals surface area contributed by atoms with Crippen LogP contribution in [0.3, 0.4) is 0 Å². The summed E-state index contributed by atoms with van der Waals surface area (Å²) in [5.41, 5.74) is 0.959. The Morgan fingerprint density at radius 2 is 2.24 bits per heavy atom. The number of piperidine rings is 1. The Hall–Kier alpha value is -1.10. The summed E-state index contributed by atoms with van der Waals surface area (Å²) in [6.07, 6.45) is 2.97. The Morgan fingerprint density at radius 3 is 3.00 bits per heavy atom. The summed E-state index contributed by atoms with van der Waals surface area (Å²) in [5.74, 6) is 0.0847. The molecule has 1 fully saturated rings. The van der Waals surface area contributed by atoms with E-state index in [1.54, 1.807) is 0 Å². The smallest absolute Gasteiger partial charge is 0.221 e. The van der Waals surface area contributed by atoms with Crippen LogP contribution in [0, 0.1) is 0 Å². The number of halogens is 1. The van der Waals surface area contributed by atoms with Crippen LogP contribution in [0.4, 0.5) is 0 Å². The highest BCUT2D eigenvalue weighted by molar-refractivity contribution is 6.31. The van der Waals surface area contributed by atoms with Crippen LogP contribution < -0.4 is 10.6 Å². The fraction of sp³-hybridized carbons (Fsp3) is 0.562. The quantitative estimate of drug-likeness (QED) is 0.845. The number of hydrogen-bond donors (Lipinski definition) is 2. The SMILES string of the molecule is CNC1CCCN(CCC(=O)NCc2ccccc2Cl)C1. The van der Waals surface area contributed by atoms with Gasteiger partial charge in [-0.05, 0) is 38.1 Å². The van der Waals surface area contributed by atoms with Crippen molar-refractivity contribution < 1.29 is 4.79 Å². The number of nitrogens with zero attached hydrogens (tertiary/aromatic N) is 1. The molecule has 1 aliphatic rings. The number of carbonyl (C=O) groups excluding carboxylic acids is 1. The van der Waals surface area contributed by atoms with Crippen LogP contribution >= 0.6 is 11.6 Å². The van der Waals surface area contributed by atoms with Crippen molar-refractivity contribution in [3.8, 4) is 0 Å². The molecule has 116 valence electrons. The van der Waals surface area contributed by atoms with E-state index in [0.717, 1.165) is 25.2 Å². The van der Waals surface area contributed by atoms with Crippen LogP contribution in [0.1, 0.15) is 24.8 Å². The standard InChI is InChI=1S/C16H24ClN3O/c1-18-14-6-4-9-20(12-14)10-8-16(21)19-11-13-5-2-3-7-15(13)17/h2-3,5,7,14,18H,4,6,8-12H2,1H3,(H,19,21). The largest absolute Gasteiger partial charge is 0.352 e. The average Bonchev–Trinajstić information content (AvgIpc) is 2.52. The Morgan fingerprint density at radius 1 is 1.43 bits per heavy atom. The minimum Gasteiger partial charge on any atom is -0.352 e. The molecule has 1 unspecified atom stereocenters. The molecule has 0 aromatic heterocycles. The molecular formula is C16H24ClN3O. The number of benzene rings is 1. The van der Waals surface area contributed by atoms with Crippen molar-refractivity contribution in [1.29, 1.82) is 0 Å². The first-order valence-corrected chi connectivity index (χ1v) is 7.96. The minimum atomic E-state index is 0.0847. The number of rotatable bonds is 6. The van der Waals surface area contributed by atoms with Crippen molar-refractivity contribution in [2.75, 3.05) is 26.7 Å². The lowest BCUT2D eigenvalue weighted by atomic mass is 10.1. The number of carbonyl (C=O) groups is 1. The van der Waals surface area contributed by atoms with Gasteiger partial charge in [0.15, 0.2) is 0 Å². The molecule has 1 aliphatic heterocycles. The third-order valence-electron chi connectivity index (χ3n) is 4.00. The molecule has 1 aromatic carbocycles. The zero-order valence-electron chi connectivity index (χ0n) is 12.6. The molecule has 2 N–H and O–H groups in total. The van der Waals surface area contributed by atoms with Gasteiger partial charge in [-0.3, -0.25) is 4.79 Å². The first-order valence-electron chi connectivity index (χ1n) is 7.58. The van der Waals surface area contributed by atoms with Crippen molar-refractivity contribution in [1.82, 2.24) is 15.5 Å². The first-order chi connectivity index (χ1) is 10.2. The van der Waals surface area contributed by atoms with Gasteiger partial charge in [0, 0.05) is 37.1 Å². The molecule has 21 heavy (non-hydrogen) atoms. The zero-order chi connectivity index (χ0) is 15.1. The zero-order valence-corrected chi connectivity index (χ0v) is 13.3. The molecule has 1 atom stereocenters. The summed E-state index contributed by atoms with van der Waals surface area (Å²) in [5, 5.41) is 6.96. The van der Waals surface area contributed by atoms with Crippen LogP contribution in [0.15, 0.2) is 24.3 Å². The summed E-state index contributed by atoms with van der Waals surface area (Å²) in [6.45, 7) is 3.45. The summed E-state index contributed by atoms with van der Waals surface area (Å²) in [7, 11) is 2.00. The van der Waals surface area contributed by atoms with Gasteiger partial charge in [-0.1, -0.05) is 29.8 Å². The minimum absolute atomic E-state index is 0.0847. The Kier molecular flexibility index (Phi) is 6.49. The van der Waals surface area contributed by atoms with Gasteiger partial charge in [-0.15, -0.1) is 0 Å². The Labute approximate surface area is 131 Å². The summed E-state index contributed by atoms with van der Waals surface area (Å²) in [6, 6.07) is 8.16. The Balaban J connectivity index is 1.69. The van der Waals surface area contributed by atoms with Gasteiger partial charge < -0.3 is 15.5 Å². The third-order valence-corrected chi connectivity index (χ3v) is 4.37. The predicted molar refractivity (Wildman–Crippen MR) is 86.4 cm³/mol. The van der Waals surface area contributed by atoms with E-state index in [9.17, 15) is 4.79 Å². The third kappa shape index (κ3) is 5.30. The summed E-state index contributed by atoms with van der Waals surface area (Å²) >= 11 is 6.07. The molecule has 0 saturated carbocycles. The average molecular weight is 310 g/mol. The van der Waals surface area contributed by atoms with Gasteiger partial charge in [0.25, 0.3) is 0 Å². The number of likely N-dealkylation sites (N-methyl/N-ethyl adjacent to an activating group) is 1. The highest BCUT2D eigenvalue weighted by Crippen LogP contribution is 2.14. The van der Waals surface area contributed by atoms with Crippen LogP contribution in [0.2, 0.25) is 5.02 Å². The van der Waals surface area contributed by atoms with Crippen molar-refractivity contribution in [2.24, 2.45) is 0 Å². The second-order valence-electron chi connectivity index (χ2n) is 5.55. The number of likely N-dealkylation sites (tertiary alicyclic amines) is 1. The van der Waals surface area contributed by atoms with Crippen LogP contribution in [-0.4, -0.2) is 43.5 Å². The van der Waals surface area contributed by atoms with Gasteiger partial charge in [0.2, 0.25) is 5.91 Å². The van der Waals surface area contributed by atoms with Crippen LogP contribution in [0.25, 0.3) is 0 Å². The topological polar surface area (TPSA) is 44.4 Å². The van der Waals surface area contributed by atoms with Crippen LogP contribution in [-0.2, 0) is 11.3 Å². The molecule has 0 spiro atoms. The molecule has 1 amide bonds. The van der Waals surface area contributed by atoms with Crippen molar-refractivity contribution in [2.45, 2.75) is 31.8 Å². The molecule has 1 aromatic rings. The normalized spacial score (nSPS) is 19.4. The maximum atomic E-state index is 11.9. The number of hydrogen-bond acceptors (Lipinski definition) is 3. The van der Waals surface area contributed by atoms with E-state index >= 15 is 0 Å². The number of amides is 1. The van der Waals surface area contributed by atoms with Crippen molar-refractivity contribution in [3.63, 3.8) is 0 Å². The monoisotopic (exact) mass is 309 g/mol. The predicted octanol–water partition coefficient (Wildman–Crippen LogP) is 2.03. The number of nitrogens with one attached hydrogen (secondary N) is 2. The maximum Gasteiger partial charge on any atom is 0.221 e. The van der Waals surface area contributed by atoms with E-state index in [-0.39, 0.29) is 5.91 Å². The second kappa shape index (κ2) is 8.37. The molecule has 0 aliphatic carbocycles. The lowest BCUT2D eigenvalue weighted by molar-refractivity contribution is -0.121. The van der Waals surface area contributed by atoms with E-state index in [1.807, 2.05) is 31.3 Å². The molecule has 1 heterocycles. The highest BCUT2D eigenvalue weighted by Gasteiger charge is 2.18. The lowest BCUT2D eigenvalue weighted by Gasteiger charge is -2.32. The summed E-state index contributed by atoms with van der Waals surface area (Å²) < 4.78 is 0. The van der Waals surface area contributed by atoms with E-state index in [1.165, 1.54) is 12.8 Å². The van der Waals surface area contributed by atoms with Crippen molar-refractivity contribution in [3.05, 3.63) is 34.9 Å². The highest BCUT2D eigenvalue weighted by atomic mass is 35.5. The Bertz CT molecular complexity index is 467. The first kappa shape index (κ1) is 16.3. The molecule has 5 heteroatoms. The van der Waals surface area contributed by atoms with Crippen molar-refractivity contribution >= 4 is 17.5 Å². The lowest BCUT2D eigenvalue weighted by Crippen LogP contribution is -2.45. The molecule has 4 nitrogen and oxygen atoms in total. The molecule has 1 saturated heterocycles. The van der Waals surface area contributed by atoms with Gasteiger partial charge in [0.05, 0.1) is 0 Å². The van der Waals surface area contributed by atoms with Gasteiger partial charge in [-0.2, -0.15) is 0 Å². The molecule has 0 bridgehead atoms. The maximum absolute atomic E-state index is 11.9. The van der Waals surface area contributed by atoms with Crippen LogP contribution in [0.5, 0.6) is 0 Å². The fourth-order valence-corrected chi connectivity index (χ4v) is 2.88. The van der Waals surface area contributed by atoms with Gasteiger partial charge in [0.1, 0.15) is 0 Å². The fourth-order valence-electron chi connectivity index (χ4n) is 2.68. The second-order valence-corrected chi connectivity index (χ2v) is 5.95. The van der Waals surface area contributed by atoms with E-state index in [2.05, 4.69) is 15.5 Å².